The van der Waals surface area contributed by atoms with Gasteiger partial charge in [0.05, 0.1) is 27.4 Å². The highest BCUT2D eigenvalue weighted by atomic mass is 35.5. The molecule has 4 heterocycles. The lowest BCUT2D eigenvalue weighted by atomic mass is 10.1. The Morgan fingerprint density at radius 2 is 1.92 bits per heavy atom. The number of nitrogen functional groups attached to an aromatic ring is 1. The molecule has 1 aliphatic heterocycles. The van der Waals surface area contributed by atoms with Crippen LogP contribution in [0.25, 0.3) is 22.2 Å². The Kier molecular flexibility index (Phi) is 7.53. The number of hydrogen-bond donors (Lipinski definition) is 4. The molecular formula is C24H30Cl2N8O3. The highest BCUT2D eigenvalue weighted by Gasteiger charge is 2.45. The van der Waals surface area contributed by atoms with E-state index in [9.17, 15) is 10.2 Å². The molecule has 0 unspecified atom stereocenters. The van der Waals surface area contributed by atoms with Crippen LogP contribution in [-0.4, -0.2) is 82.0 Å². The Morgan fingerprint density at radius 3 is 2.70 bits per heavy atom. The fourth-order valence-electron chi connectivity index (χ4n) is 4.74. The number of imidazole rings is 2. The number of fused-ring (bicyclic) bond motifs is 2. The van der Waals surface area contributed by atoms with Crippen LogP contribution < -0.4 is 5.73 Å². The van der Waals surface area contributed by atoms with Crippen molar-refractivity contribution in [2.75, 3.05) is 18.8 Å². The number of H-pyrrole nitrogens is 1. The average molecular weight is 549 g/mol. The van der Waals surface area contributed by atoms with Crippen molar-refractivity contribution in [2.24, 2.45) is 0 Å². The minimum atomic E-state index is -1.14. The van der Waals surface area contributed by atoms with Crippen LogP contribution in [0.1, 0.15) is 38.7 Å². The monoisotopic (exact) mass is 548 g/mol. The highest BCUT2D eigenvalue weighted by Crippen LogP contribution is 2.33. The number of anilines is 1. The molecule has 0 bridgehead atoms. The van der Waals surface area contributed by atoms with Gasteiger partial charge in [0.25, 0.3) is 0 Å². The summed E-state index contributed by atoms with van der Waals surface area (Å²) in [6, 6.07) is 3.78. The third kappa shape index (κ3) is 5.25. The van der Waals surface area contributed by atoms with Crippen LogP contribution in [0.4, 0.5) is 5.82 Å². The smallest absolute Gasteiger partial charge is 0.167 e. The number of nitrogens with one attached hydrogen (secondary N) is 1. The van der Waals surface area contributed by atoms with Crippen molar-refractivity contribution in [3.8, 4) is 0 Å². The molecule has 5 N–H and O–H groups in total. The third-order valence-corrected chi connectivity index (χ3v) is 7.55. The predicted molar refractivity (Wildman–Crippen MR) is 141 cm³/mol. The molecule has 13 heteroatoms. The number of hydrogen-bond acceptors (Lipinski definition) is 9. The van der Waals surface area contributed by atoms with Crippen LogP contribution in [-0.2, 0) is 11.2 Å². The SMILES string of the molecule is CC(C)N(CCCCc1nc2cc(Cl)c(Cl)cc2[nH]1)C[C@H]1O[C@@H](n2cnc3c(N)ncnc32)[C@H](O)[C@@H]1O. The van der Waals surface area contributed by atoms with E-state index < -0.39 is 24.5 Å². The van der Waals surface area contributed by atoms with Crippen LogP contribution in [0.3, 0.4) is 0 Å². The predicted octanol–water partition coefficient (Wildman–Crippen LogP) is 2.94. The van der Waals surface area contributed by atoms with E-state index in [0.29, 0.717) is 27.8 Å². The second kappa shape index (κ2) is 10.7. The summed E-state index contributed by atoms with van der Waals surface area (Å²) in [5.41, 5.74) is 8.42. The van der Waals surface area contributed by atoms with Crippen LogP contribution in [0, 0.1) is 0 Å². The molecule has 1 fully saturated rings. The maximum Gasteiger partial charge on any atom is 0.167 e. The van der Waals surface area contributed by atoms with Gasteiger partial charge in [-0.2, -0.15) is 0 Å². The lowest BCUT2D eigenvalue weighted by Gasteiger charge is -2.30. The minimum Gasteiger partial charge on any atom is -0.387 e. The quantitative estimate of drug-likeness (QED) is 0.231. The average Bonchev–Trinajstić information content (AvgIpc) is 3.53. The maximum absolute atomic E-state index is 10.8. The van der Waals surface area contributed by atoms with Gasteiger partial charge in [-0.25, -0.2) is 19.9 Å². The van der Waals surface area contributed by atoms with E-state index in [1.807, 2.05) is 0 Å². The zero-order valence-electron chi connectivity index (χ0n) is 20.6. The summed E-state index contributed by atoms with van der Waals surface area (Å²) < 4.78 is 7.72. The normalized spacial score (nSPS) is 22.3. The molecule has 37 heavy (non-hydrogen) atoms. The van der Waals surface area contributed by atoms with E-state index in [4.69, 9.17) is 33.7 Å². The molecule has 3 aromatic heterocycles. The number of ether oxygens (including phenoxy) is 1. The maximum atomic E-state index is 10.8. The number of rotatable bonds is 9. The standard InChI is InChI=1S/C24H30Cl2N8O3/c1-12(2)33(6-4-3-5-18-31-15-7-13(25)14(26)8-16(15)32-18)9-17-20(35)21(36)24(37-17)34-11-30-19-22(27)28-10-29-23(19)34/h7-8,10-12,17,20-21,24,35-36H,3-6,9H2,1-2H3,(H,31,32)(H2,27,28,29)/t17-,20-,21-,24-/m1/s1. The minimum absolute atomic E-state index is 0.226. The van der Waals surface area contributed by atoms with Gasteiger partial charge in [0.2, 0.25) is 0 Å². The molecule has 0 radical (unpaired) electrons. The van der Waals surface area contributed by atoms with Gasteiger partial charge < -0.3 is 25.7 Å². The summed E-state index contributed by atoms with van der Waals surface area (Å²) in [4.78, 5) is 22.6. The first-order valence-electron chi connectivity index (χ1n) is 12.2. The van der Waals surface area contributed by atoms with E-state index in [1.165, 1.54) is 12.7 Å². The van der Waals surface area contributed by atoms with Crippen molar-refractivity contribution >= 4 is 51.2 Å². The first-order chi connectivity index (χ1) is 17.7. The van der Waals surface area contributed by atoms with E-state index >= 15 is 0 Å². The van der Waals surface area contributed by atoms with Gasteiger partial charge in [-0.05, 0) is 45.4 Å². The van der Waals surface area contributed by atoms with Gasteiger partial charge in [0.15, 0.2) is 17.7 Å². The summed E-state index contributed by atoms with van der Waals surface area (Å²) in [6.07, 6.45) is 1.87. The summed E-state index contributed by atoms with van der Waals surface area (Å²) in [6.45, 7) is 5.48. The molecule has 0 amide bonds. The Labute approximate surface area is 223 Å². The molecule has 1 saturated heterocycles. The first-order valence-corrected chi connectivity index (χ1v) is 13.0. The van der Waals surface area contributed by atoms with Gasteiger partial charge >= 0.3 is 0 Å². The Balaban J connectivity index is 1.19. The number of benzene rings is 1. The largest absolute Gasteiger partial charge is 0.387 e. The fraction of sp³-hybridized carbons (Fsp3) is 0.500. The first kappa shape index (κ1) is 26.1. The van der Waals surface area contributed by atoms with E-state index in [-0.39, 0.29) is 11.9 Å². The number of aromatic amines is 1. The van der Waals surface area contributed by atoms with Gasteiger partial charge in [-0.15, -0.1) is 0 Å². The van der Waals surface area contributed by atoms with Crippen molar-refractivity contribution in [3.05, 3.63) is 40.7 Å². The van der Waals surface area contributed by atoms with Gasteiger partial charge in [-0.1, -0.05) is 23.2 Å². The summed E-state index contributed by atoms with van der Waals surface area (Å²) >= 11 is 12.2. The van der Waals surface area contributed by atoms with Crippen LogP contribution in [0.5, 0.6) is 0 Å². The lowest BCUT2D eigenvalue weighted by molar-refractivity contribution is -0.0469. The van der Waals surface area contributed by atoms with Crippen molar-refractivity contribution in [1.29, 1.82) is 0 Å². The zero-order chi connectivity index (χ0) is 26.3. The number of aryl methyl sites for hydroxylation is 1. The molecule has 5 rings (SSSR count). The Bertz CT molecular complexity index is 1350. The number of aromatic nitrogens is 6. The Hall–Kier alpha value is -2.54. The van der Waals surface area contributed by atoms with Crippen LogP contribution in [0.15, 0.2) is 24.8 Å². The van der Waals surface area contributed by atoms with Crippen molar-refractivity contribution < 1.29 is 14.9 Å². The summed E-state index contributed by atoms with van der Waals surface area (Å²) in [5, 5.41) is 22.5. The van der Waals surface area contributed by atoms with E-state index in [2.05, 4.69) is 43.7 Å². The molecule has 1 aliphatic rings. The molecule has 0 spiro atoms. The van der Waals surface area contributed by atoms with Gasteiger partial charge in [0.1, 0.15) is 36.0 Å². The molecule has 198 valence electrons. The summed E-state index contributed by atoms with van der Waals surface area (Å²) in [7, 11) is 0. The molecule has 0 aliphatic carbocycles. The van der Waals surface area contributed by atoms with Gasteiger partial charge in [0, 0.05) is 19.0 Å². The number of unbranched alkanes of at least 4 members (excludes halogenated alkanes) is 1. The molecular weight excluding hydrogens is 519 g/mol. The lowest BCUT2D eigenvalue weighted by Crippen LogP contribution is -2.43. The Morgan fingerprint density at radius 1 is 1.14 bits per heavy atom. The van der Waals surface area contributed by atoms with Crippen molar-refractivity contribution in [1.82, 2.24) is 34.4 Å². The third-order valence-electron chi connectivity index (χ3n) is 6.83. The number of nitrogens with two attached hydrogens (primary N) is 1. The molecule has 0 saturated carbocycles. The molecule has 1 aromatic carbocycles. The van der Waals surface area contributed by atoms with Crippen LogP contribution in [0.2, 0.25) is 10.0 Å². The fourth-order valence-corrected chi connectivity index (χ4v) is 5.06. The van der Waals surface area contributed by atoms with Crippen LogP contribution >= 0.6 is 23.2 Å². The molecule has 4 atom stereocenters. The number of aliphatic hydroxyl groups is 2. The second-order valence-corrected chi connectivity index (χ2v) is 10.5. The van der Waals surface area contributed by atoms with E-state index in [1.54, 1.807) is 16.7 Å². The number of aliphatic hydroxyl groups excluding tert-OH is 2. The highest BCUT2D eigenvalue weighted by molar-refractivity contribution is 6.42. The number of halogens is 2. The van der Waals surface area contributed by atoms with Gasteiger partial charge in [-0.3, -0.25) is 9.47 Å². The topological polar surface area (TPSA) is 151 Å². The zero-order valence-corrected chi connectivity index (χ0v) is 22.1. The second-order valence-electron chi connectivity index (χ2n) is 9.64. The van der Waals surface area contributed by atoms with Crippen molar-refractivity contribution in [3.63, 3.8) is 0 Å². The number of nitrogens with zero attached hydrogens (tertiary/aromatic N) is 6. The molecule has 4 aromatic rings. The van der Waals surface area contributed by atoms with Crippen molar-refractivity contribution in [2.45, 2.75) is 63.7 Å². The molecule has 11 nitrogen and oxygen atoms in total. The summed E-state index contributed by atoms with van der Waals surface area (Å²) in [5.74, 6) is 1.14. The van der Waals surface area contributed by atoms with E-state index in [0.717, 1.165) is 42.7 Å².